The van der Waals surface area contributed by atoms with Gasteiger partial charge in [0.05, 0.1) is 6.42 Å². The van der Waals surface area contributed by atoms with Gasteiger partial charge in [-0.15, -0.1) is 0 Å². The summed E-state index contributed by atoms with van der Waals surface area (Å²) in [6, 6.07) is -0.480. The summed E-state index contributed by atoms with van der Waals surface area (Å²) in [5.74, 6) is -0.805. The molecule has 0 heterocycles. The van der Waals surface area contributed by atoms with Gasteiger partial charge in [-0.2, -0.15) is 13.1 Å². The summed E-state index contributed by atoms with van der Waals surface area (Å²) in [5, 5.41) is 8.63. The molecule has 15 heavy (non-hydrogen) atoms. The molecule has 0 aromatic carbocycles. The lowest BCUT2D eigenvalue weighted by Crippen LogP contribution is -2.44. The number of nitrogens with one attached hydrogen (secondary N) is 2. The molecule has 1 fully saturated rings. The Bertz CT molecular complexity index is 324. The molecule has 6 nitrogen and oxygen atoms in total. The van der Waals surface area contributed by atoms with E-state index in [-0.39, 0.29) is 12.3 Å². The maximum Gasteiger partial charge on any atom is 0.304 e. The number of carboxylic acids is 1. The van der Waals surface area contributed by atoms with Crippen LogP contribution in [0.15, 0.2) is 0 Å². The molecule has 0 spiro atoms. The highest BCUT2D eigenvalue weighted by Crippen LogP contribution is 2.34. The lowest BCUT2D eigenvalue weighted by Gasteiger charge is -2.16. The topological polar surface area (TPSA) is 95.5 Å². The average Bonchev–Trinajstić information content (AvgIpc) is 2.82. The molecule has 1 atom stereocenters. The molecular weight excluding hydrogens is 220 g/mol. The second-order valence-electron chi connectivity index (χ2n) is 3.66. The Morgan fingerprint density at radius 1 is 1.53 bits per heavy atom. The first kappa shape index (κ1) is 12.4. The third kappa shape index (κ3) is 4.59. The molecule has 0 saturated heterocycles. The van der Waals surface area contributed by atoms with Crippen molar-refractivity contribution in [2.24, 2.45) is 5.92 Å². The molecule has 7 heteroatoms. The van der Waals surface area contributed by atoms with Gasteiger partial charge in [-0.3, -0.25) is 4.79 Å². The van der Waals surface area contributed by atoms with Gasteiger partial charge >= 0.3 is 5.97 Å². The summed E-state index contributed by atoms with van der Waals surface area (Å²) in [6.45, 7) is 1.96. The number of hydrogen-bond acceptors (Lipinski definition) is 3. The van der Waals surface area contributed by atoms with Crippen molar-refractivity contribution in [2.75, 3.05) is 6.54 Å². The van der Waals surface area contributed by atoms with Crippen LogP contribution in [0.3, 0.4) is 0 Å². The third-order valence-corrected chi connectivity index (χ3v) is 3.51. The SMILES string of the molecule is CCNS(=O)(=O)NC(CC(=O)O)C1CC1. The first-order chi connectivity index (χ1) is 6.94. The van der Waals surface area contributed by atoms with E-state index in [0.29, 0.717) is 6.54 Å². The third-order valence-electron chi connectivity index (χ3n) is 2.23. The van der Waals surface area contributed by atoms with E-state index >= 15 is 0 Å². The monoisotopic (exact) mass is 236 g/mol. The Kier molecular flexibility index (Phi) is 4.06. The number of hydrogen-bond donors (Lipinski definition) is 3. The summed E-state index contributed by atoms with van der Waals surface area (Å²) >= 11 is 0. The average molecular weight is 236 g/mol. The molecule has 0 bridgehead atoms. The predicted octanol–water partition coefficient (Wildman–Crippen LogP) is -0.316. The Morgan fingerprint density at radius 2 is 2.13 bits per heavy atom. The van der Waals surface area contributed by atoms with Crippen LogP contribution in [-0.2, 0) is 15.0 Å². The highest BCUT2D eigenvalue weighted by atomic mass is 32.2. The minimum absolute atomic E-state index is 0.157. The van der Waals surface area contributed by atoms with Gasteiger partial charge in [0, 0.05) is 12.6 Å². The fraction of sp³-hybridized carbons (Fsp3) is 0.875. The Morgan fingerprint density at radius 3 is 2.53 bits per heavy atom. The molecule has 1 rings (SSSR count). The van der Waals surface area contributed by atoms with Crippen LogP contribution in [0.25, 0.3) is 0 Å². The summed E-state index contributed by atoms with van der Waals surface area (Å²) in [5.41, 5.74) is 0. The number of aliphatic carboxylic acids is 1. The maximum absolute atomic E-state index is 11.3. The van der Waals surface area contributed by atoms with Crippen molar-refractivity contribution in [3.05, 3.63) is 0 Å². The highest BCUT2D eigenvalue weighted by molar-refractivity contribution is 7.87. The molecule has 0 radical (unpaired) electrons. The molecule has 0 amide bonds. The largest absolute Gasteiger partial charge is 0.481 e. The number of carbonyl (C=O) groups is 1. The van der Waals surface area contributed by atoms with Crippen LogP contribution in [0.5, 0.6) is 0 Å². The van der Waals surface area contributed by atoms with Crippen LogP contribution in [-0.4, -0.2) is 32.1 Å². The molecule has 1 saturated carbocycles. The summed E-state index contributed by atoms with van der Waals surface area (Å²) in [7, 11) is -3.54. The van der Waals surface area contributed by atoms with Gasteiger partial charge in [0.15, 0.2) is 0 Å². The van der Waals surface area contributed by atoms with Crippen LogP contribution >= 0.6 is 0 Å². The van der Waals surface area contributed by atoms with E-state index in [1.54, 1.807) is 6.92 Å². The molecule has 1 unspecified atom stereocenters. The van der Waals surface area contributed by atoms with Crippen LogP contribution in [0.2, 0.25) is 0 Å². The van der Waals surface area contributed by atoms with E-state index in [0.717, 1.165) is 12.8 Å². The lowest BCUT2D eigenvalue weighted by atomic mass is 10.1. The normalized spacial score (nSPS) is 18.7. The van der Waals surface area contributed by atoms with Crippen molar-refractivity contribution in [3.63, 3.8) is 0 Å². The van der Waals surface area contributed by atoms with Crippen molar-refractivity contribution in [1.29, 1.82) is 0 Å². The van der Waals surface area contributed by atoms with E-state index in [2.05, 4.69) is 9.44 Å². The molecule has 0 aromatic rings. The highest BCUT2D eigenvalue weighted by Gasteiger charge is 2.35. The Balaban J connectivity index is 2.54. The van der Waals surface area contributed by atoms with Crippen molar-refractivity contribution < 1.29 is 18.3 Å². The van der Waals surface area contributed by atoms with E-state index in [1.165, 1.54) is 0 Å². The molecule has 1 aliphatic carbocycles. The molecule has 0 aromatic heterocycles. The van der Waals surface area contributed by atoms with Crippen molar-refractivity contribution in [2.45, 2.75) is 32.2 Å². The van der Waals surface area contributed by atoms with Crippen molar-refractivity contribution >= 4 is 16.2 Å². The second-order valence-corrected chi connectivity index (χ2v) is 5.19. The zero-order valence-corrected chi connectivity index (χ0v) is 9.38. The first-order valence-electron chi connectivity index (χ1n) is 4.93. The van der Waals surface area contributed by atoms with E-state index in [9.17, 15) is 13.2 Å². The van der Waals surface area contributed by atoms with E-state index in [4.69, 9.17) is 5.11 Å². The molecule has 88 valence electrons. The number of carboxylic acid groups (broad SMARTS) is 1. The summed E-state index contributed by atoms with van der Waals surface area (Å²) in [6.07, 6.45) is 1.63. The molecule has 0 aliphatic heterocycles. The van der Waals surface area contributed by atoms with Crippen LogP contribution in [0.1, 0.15) is 26.2 Å². The lowest BCUT2D eigenvalue weighted by molar-refractivity contribution is -0.137. The van der Waals surface area contributed by atoms with Gasteiger partial charge in [0.1, 0.15) is 0 Å². The standard InChI is InChI=1S/C8H16N2O4S/c1-2-9-15(13,14)10-7(5-8(11)12)6-3-4-6/h6-7,9-10H,2-5H2,1H3,(H,11,12). The second kappa shape index (κ2) is 4.91. The maximum atomic E-state index is 11.3. The van der Waals surface area contributed by atoms with Gasteiger partial charge in [-0.1, -0.05) is 6.92 Å². The Hall–Kier alpha value is -0.660. The van der Waals surface area contributed by atoms with Gasteiger partial charge in [-0.25, -0.2) is 4.72 Å². The smallest absolute Gasteiger partial charge is 0.304 e. The molecule has 1 aliphatic rings. The zero-order valence-electron chi connectivity index (χ0n) is 8.56. The predicted molar refractivity (Wildman–Crippen MR) is 54.5 cm³/mol. The van der Waals surface area contributed by atoms with Gasteiger partial charge in [0.2, 0.25) is 0 Å². The van der Waals surface area contributed by atoms with Gasteiger partial charge in [0.25, 0.3) is 10.2 Å². The van der Waals surface area contributed by atoms with Crippen molar-refractivity contribution in [3.8, 4) is 0 Å². The van der Waals surface area contributed by atoms with E-state index < -0.39 is 22.2 Å². The van der Waals surface area contributed by atoms with Crippen LogP contribution < -0.4 is 9.44 Å². The van der Waals surface area contributed by atoms with Crippen LogP contribution in [0.4, 0.5) is 0 Å². The minimum atomic E-state index is -3.54. The number of rotatable bonds is 7. The Labute approximate surface area is 89.2 Å². The zero-order chi connectivity index (χ0) is 11.5. The van der Waals surface area contributed by atoms with Gasteiger partial charge < -0.3 is 5.11 Å². The van der Waals surface area contributed by atoms with Gasteiger partial charge in [-0.05, 0) is 18.8 Å². The fourth-order valence-electron chi connectivity index (χ4n) is 1.42. The summed E-state index contributed by atoms with van der Waals surface area (Å²) in [4.78, 5) is 10.5. The fourth-order valence-corrected chi connectivity index (χ4v) is 2.56. The van der Waals surface area contributed by atoms with Crippen molar-refractivity contribution in [1.82, 2.24) is 9.44 Å². The molecular formula is C8H16N2O4S. The minimum Gasteiger partial charge on any atom is -0.481 e. The van der Waals surface area contributed by atoms with Crippen LogP contribution in [0, 0.1) is 5.92 Å². The molecule has 3 N–H and O–H groups in total. The summed E-state index contributed by atoms with van der Waals surface area (Å²) < 4.78 is 27.3. The van der Waals surface area contributed by atoms with E-state index in [1.807, 2.05) is 0 Å². The first-order valence-corrected chi connectivity index (χ1v) is 6.41. The quantitative estimate of drug-likeness (QED) is 0.564.